The van der Waals surface area contributed by atoms with Crippen LogP contribution in [0.2, 0.25) is 0 Å². The molecule has 0 aliphatic carbocycles. The molecule has 0 fully saturated rings. The summed E-state index contributed by atoms with van der Waals surface area (Å²) in [5.41, 5.74) is 6.41. The fraction of sp³-hybridized carbons (Fsp3) is 0.500. The van der Waals surface area contributed by atoms with E-state index in [1.807, 2.05) is 25.1 Å². The third-order valence-electron chi connectivity index (χ3n) is 2.73. The van der Waals surface area contributed by atoms with Gasteiger partial charge in [0.05, 0.1) is 12.7 Å². The average Bonchev–Trinajstić information content (AvgIpc) is 2.37. The Morgan fingerprint density at radius 1 is 1.22 bits per heavy atom. The molecule has 4 heteroatoms. The van der Waals surface area contributed by atoms with Crippen LogP contribution in [0.3, 0.4) is 0 Å². The molecule has 0 spiro atoms. The monoisotopic (exact) mass is 267 g/mol. The smallest absolute Gasteiger partial charge is 0.161 e. The minimum atomic E-state index is 0.208. The van der Waals surface area contributed by atoms with Gasteiger partial charge < -0.3 is 15.2 Å². The first kappa shape index (κ1) is 14.8. The second kappa shape index (κ2) is 7.21. The summed E-state index contributed by atoms with van der Waals surface area (Å²) in [5.74, 6) is 1.46. The molecule has 0 radical (unpaired) electrons. The number of thiocarbonyl (C=S) groups is 1. The topological polar surface area (TPSA) is 44.5 Å². The number of benzene rings is 1. The van der Waals surface area contributed by atoms with Crippen LogP contribution in [0, 0.1) is 0 Å². The number of nitrogens with two attached hydrogens (primary N) is 1. The quantitative estimate of drug-likeness (QED) is 0.770. The summed E-state index contributed by atoms with van der Waals surface area (Å²) in [6.45, 7) is 6.74. The molecule has 0 aliphatic heterocycles. The number of ether oxygens (including phenoxy) is 2. The molecule has 100 valence electrons. The maximum Gasteiger partial charge on any atom is 0.161 e. The van der Waals surface area contributed by atoms with Crippen LogP contribution in [0.5, 0.6) is 11.5 Å². The maximum atomic E-state index is 5.92. The minimum absolute atomic E-state index is 0.208. The summed E-state index contributed by atoms with van der Waals surface area (Å²) in [5, 5.41) is 0. The Hall–Kier alpha value is -1.29. The Labute approximate surface area is 114 Å². The normalized spacial score (nSPS) is 10.4. The molecule has 3 nitrogen and oxygen atoms in total. The summed E-state index contributed by atoms with van der Waals surface area (Å²) >= 11 is 4.96. The van der Waals surface area contributed by atoms with E-state index in [4.69, 9.17) is 27.4 Å². The molecular formula is C14H21NO2S. The van der Waals surface area contributed by atoms with E-state index in [-0.39, 0.29) is 6.10 Å². The van der Waals surface area contributed by atoms with E-state index in [9.17, 15) is 0 Å². The van der Waals surface area contributed by atoms with Crippen molar-refractivity contribution >= 4 is 17.2 Å². The number of hydrogen-bond acceptors (Lipinski definition) is 3. The van der Waals surface area contributed by atoms with Gasteiger partial charge in [-0.25, -0.2) is 0 Å². The molecule has 0 atom stereocenters. The lowest BCUT2D eigenvalue weighted by Gasteiger charge is -2.18. The predicted octanol–water partition coefficient (Wildman–Crippen LogP) is 3.29. The van der Waals surface area contributed by atoms with E-state index in [1.165, 1.54) is 0 Å². The van der Waals surface area contributed by atoms with Crippen molar-refractivity contribution in [1.82, 2.24) is 0 Å². The third-order valence-corrected chi connectivity index (χ3v) is 2.97. The van der Waals surface area contributed by atoms with Crippen LogP contribution in [0.1, 0.15) is 39.2 Å². The Bertz CT molecular complexity index is 403. The Balaban J connectivity index is 2.99. The zero-order chi connectivity index (χ0) is 13.5. The first-order valence-corrected chi connectivity index (χ1v) is 6.76. The van der Waals surface area contributed by atoms with Gasteiger partial charge in [0.25, 0.3) is 0 Å². The van der Waals surface area contributed by atoms with Crippen molar-refractivity contribution in [2.45, 2.75) is 39.7 Å². The van der Waals surface area contributed by atoms with Crippen LogP contribution in [0.4, 0.5) is 0 Å². The molecule has 1 rings (SSSR count). The molecule has 0 aromatic heterocycles. The van der Waals surface area contributed by atoms with Gasteiger partial charge in [-0.15, -0.1) is 0 Å². The highest BCUT2D eigenvalue weighted by Gasteiger charge is 2.12. The largest absolute Gasteiger partial charge is 0.490 e. The lowest BCUT2D eigenvalue weighted by Crippen LogP contribution is -2.15. The van der Waals surface area contributed by atoms with Crippen molar-refractivity contribution in [2.24, 2.45) is 5.73 Å². The lowest BCUT2D eigenvalue weighted by atomic mass is 10.2. The van der Waals surface area contributed by atoms with Gasteiger partial charge in [-0.1, -0.05) is 26.1 Å². The Kier molecular flexibility index (Phi) is 5.92. The predicted molar refractivity (Wildman–Crippen MR) is 78.5 cm³/mol. The van der Waals surface area contributed by atoms with Gasteiger partial charge in [-0.2, -0.15) is 0 Å². The third kappa shape index (κ3) is 3.88. The van der Waals surface area contributed by atoms with Gasteiger partial charge in [0.15, 0.2) is 11.5 Å². The van der Waals surface area contributed by atoms with Crippen molar-refractivity contribution in [3.63, 3.8) is 0 Å². The highest BCUT2D eigenvalue weighted by molar-refractivity contribution is 7.80. The highest BCUT2D eigenvalue weighted by Crippen LogP contribution is 2.30. The molecule has 0 aliphatic rings. The van der Waals surface area contributed by atoms with E-state index in [1.54, 1.807) is 0 Å². The van der Waals surface area contributed by atoms with Crippen LogP contribution < -0.4 is 15.2 Å². The fourth-order valence-electron chi connectivity index (χ4n) is 1.66. The van der Waals surface area contributed by atoms with Crippen LogP contribution >= 0.6 is 12.2 Å². The SMILES string of the molecule is CCOc1cc(C(N)=S)ccc1OC(CC)CC. The molecule has 1 aromatic carbocycles. The summed E-state index contributed by atoms with van der Waals surface area (Å²) in [7, 11) is 0. The molecule has 2 N–H and O–H groups in total. The number of rotatable bonds is 7. The first-order chi connectivity index (χ1) is 8.62. The molecule has 0 bridgehead atoms. The average molecular weight is 267 g/mol. The molecule has 18 heavy (non-hydrogen) atoms. The zero-order valence-electron chi connectivity index (χ0n) is 11.2. The molecule has 1 aromatic rings. The van der Waals surface area contributed by atoms with Gasteiger partial charge in [0.1, 0.15) is 4.99 Å². The highest BCUT2D eigenvalue weighted by atomic mass is 32.1. The molecule has 0 unspecified atom stereocenters. The van der Waals surface area contributed by atoms with Crippen LogP contribution in [-0.4, -0.2) is 17.7 Å². The fourth-order valence-corrected chi connectivity index (χ4v) is 1.79. The van der Waals surface area contributed by atoms with Crippen molar-refractivity contribution < 1.29 is 9.47 Å². The van der Waals surface area contributed by atoms with Gasteiger partial charge in [0.2, 0.25) is 0 Å². The molecular weight excluding hydrogens is 246 g/mol. The summed E-state index contributed by atoms with van der Waals surface area (Å²) in [6.07, 6.45) is 2.15. The zero-order valence-corrected chi connectivity index (χ0v) is 12.0. The van der Waals surface area contributed by atoms with E-state index in [0.717, 1.165) is 24.2 Å². The van der Waals surface area contributed by atoms with Gasteiger partial charge in [-0.05, 0) is 38.0 Å². The summed E-state index contributed by atoms with van der Waals surface area (Å²) < 4.78 is 11.5. The van der Waals surface area contributed by atoms with Crippen molar-refractivity contribution in [3.8, 4) is 11.5 Å². The molecule has 0 heterocycles. The van der Waals surface area contributed by atoms with E-state index in [0.29, 0.717) is 17.3 Å². The van der Waals surface area contributed by atoms with E-state index in [2.05, 4.69) is 13.8 Å². The van der Waals surface area contributed by atoms with Gasteiger partial charge >= 0.3 is 0 Å². The molecule has 0 amide bonds. The van der Waals surface area contributed by atoms with Gasteiger partial charge in [-0.3, -0.25) is 0 Å². The lowest BCUT2D eigenvalue weighted by molar-refractivity contribution is 0.182. The summed E-state index contributed by atoms with van der Waals surface area (Å²) in [6, 6.07) is 5.57. The van der Waals surface area contributed by atoms with E-state index < -0.39 is 0 Å². The van der Waals surface area contributed by atoms with E-state index >= 15 is 0 Å². The van der Waals surface area contributed by atoms with Crippen molar-refractivity contribution in [1.29, 1.82) is 0 Å². The summed E-state index contributed by atoms with van der Waals surface area (Å²) in [4.78, 5) is 0.366. The minimum Gasteiger partial charge on any atom is -0.490 e. The van der Waals surface area contributed by atoms with Crippen molar-refractivity contribution in [2.75, 3.05) is 6.61 Å². The van der Waals surface area contributed by atoms with Gasteiger partial charge in [0, 0.05) is 5.56 Å². The number of hydrogen-bond donors (Lipinski definition) is 1. The first-order valence-electron chi connectivity index (χ1n) is 6.35. The Morgan fingerprint density at radius 2 is 1.89 bits per heavy atom. The van der Waals surface area contributed by atoms with Crippen molar-refractivity contribution in [3.05, 3.63) is 23.8 Å². The van der Waals surface area contributed by atoms with Crippen LogP contribution in [-0.2, 0) is 0 Å². The Morgan fingerprint density at radius 3 is 2.39 bits per heavy atom. The van der Waals surface area contributed by atoms with Crippen LogP contribution in [0.15, 0.2) is 18.2 Å². The second-order valence-electron chi connectivity index (χ2n) is 4.02. The standard InChI is InChI=1S/C14H21NO2S/c1-4-11(5-2)17-12-8-7-10(14(15)18)9-13(12)16-6-3/h7-9,11H,4-6H2,1-3H3,(H2,15,18). The maximum absolute atomic E-state index is 5.92. The molecule has 0 saturated carbocycles. The second-order valence-corrected chi connectivity index (χ2v) is 4.45. The molecule has 0 saturated heterocycles. The van der Waals surface area contributed by atoms with Crippen LogP contribution in [0.25, 0.3) is 0 Å².